The molecule has 14 nitrogen and oxygen atoms in total. The number of carbonyl (C=O) groups excluding carboxylic acids is 4. The fraction of sp³-hybridized carbons (Fsp3) is 0.469. The molecule has 1 aliphatic carbocycles. The van der Waals surface area contributed by atoms with E-state index < -0.39 is 16.9 Å². The number of rotatable bonds is 9. The first kappa shape index (κ1) is 40.8. The summed E-state index contributed by atoms with van der Waals surface area (Å²) in [5.74, 6) is 0.288. The molecule has 4 saturated heterocycles. The molecule has 1 aromatic heterocycles. The minimum Gasteiger partial charge on any atom is -0.488 e. The largest absolute Gasteiger partial charge is 0.488 e. The summed E-state index contributed by atoms with van der Waals surface area (Å²) in [5.41, 5.74) is 4.59. The summed E-state index contributed by atoms with van der Waals surface area (Å²) in [6, 6.07) is 21.9. The van der Waals surface area contributed by atoms with E-state index in [0.29, 0.717) is 57.6 Å². The van der Waals surface area contributed by atoms with Crippen molar-refractivity contribution in [1.29, 1.82) is 5.26 Å². The Labute approximate surface area is 366 Å². The van der Waals surface area contributed by atoms with Crippen molar-refractivity contribution in [2.24, 2.45) is 22.2 Å². The lowest BCUT2D eigenvalue weighted by Crippen LogP contribution is -2.74. The first-order valence-corrected chi connectivity index (χ1v) is 22.3. The van der Waals surface area contributed by atoms with E-state index in [1.165, 1.54) is 6.07 Å². The number of benzene rings is 3. The number of hydrogen-bond acceptors (Lipinski definition) is 10. The number of nitrogens with one attached hydrogen (secondary N) is 3. The van der Waals surface area contributed by atoms with Crippen LogP contribution in [0.2, 0.25) is 0 Å². The molecule has 63 heavy (non-hydrogen) atoms. The van der Waals surface area contributed by atoms with Crippen molar-refractivity contribution in [1.82, 2.24) is 25.4 Å². The fourth-order valence-electron chi connectivity index (χ4n) is 12.0. The number of carbonyl (C=O) groups is 4. The lowest BCUT2D eigenvalue weighted by Gasteiger charge is -2.63. The molecule has 1 atom stereocenters. The van der Waals surface area contributed by atoms with Crippen LogP contribution in [0.4, 0.5) is 11.4 Å². The number of hydrogen-bond donors (Lipinski definition) is 3. The molecule has 14 heteroatoms. The van der Waals surface area contributed by atoms with Crippen LogP contribution in [-0.2, 0) is 16.1 Å². The second kappa shape index (κ2) is 15.0. The summed E-state index contributed by atoms with van der Waals surface area (Å²) in [7, 11) is 0. The Morgan fingerprint density at radius 3 is 2.30 bits per heavy atom. The van der Waals surface area contributed by atoms with Gasteiger partial charge in [0.1, 0.15) is 24.0 Å². The third-order valence-electron chi connectivity index (χ3n) is 15.1. The number of pyridine rings is 1. The average molecular weight is 851 g/mol. The highest BCUT2D eigenvalue weighted by Gasteiger charge is 2.64. The number of piperidine rings is 2. The number of fused-ring (bicyclic) bond motifs is 2. The summed E-state index contributed by atoms with van der Waals surface area (Å²) in [6.07, 6.45) is 2.66. The maximum absolute atomic E-state index is 13.6. The Hall–Kier alpha value is -6.20. The molecule has 1 saturated carbocycles. The van der Waals surface area contributed by atoms with Crippen molar-refractivity contribution < 1.29 is 23.9 Å². The molecule has 4 amide bonds. The van der Waals surface area contributed by atoms with Gasteiger partial charge in [-0.05, 0) is 90.9 Å². The van der Waals surface area contributed by atoms with Crippen molar-refractivity contribution in [2.75, 3.05) is 55.6 Å². The van der Waals surface area contributed by atoms with E-state index in [1.54, 1.807) is 23.1 Å². The molecule has 3 N–H and O–H groups in total. The van der Waals surface area contributed by atoms with Crippen molar-refractivity contribution in [3.63, 3.8) is 0 Å². The maximum Gasteiger partial charge on any atom is 0.255 e. The Morgan fingerprint density at radius 1 is 0.889 bits per heavy atom. The summed E-state index contributed by atoms with van der Waals surface area (Å²) in [6.45, 7) is 16.1. The highest BCUT2D eigenvalue weighted by Crippen LogP contribution is 2.56. The number of aromatic amines is 1. The predicted octanol–water partition coefficient (Wildman–Crippen LogP) is 4.81. The molecule has 326 valence electrons. The first-order valence-electron chi connectivity index (χ1n) is 22.3. The van der Waals surface area contributed by atoms with Gasteiger partial charge in [0.2, 0.25) is 17.4 Å². The average Bonchev–Trinajstić information content (AvgIpc) is 3.56. The zero-order valence-corrected chi connectivity index (χ0v) is 36.3. The number of likely N-dealkylation sites (tertiary alicyclic amines) is 1. The van der Waals surface area contributed by atoms with Gasteiger partial charge in [0.25, 0.3) is 11.8 Å². The van der Waals surface area contributed by atoms with Crippen LogP contribution in [0, 0.1) is 33.5 Å². The van der Waals surface area contributed by atoms with Gasteiger partial charge in [-0.1, -0.05) is 27.7 Å². The van der Waals surface area contributed by atoms with Crippen molar-refractivity contribution in [3.8, 4) is 11.8 Å². The lowest BCUT2D eigenvalue weighted by atomic mass is 9.49. The fourth-order valence-corrected chi connectivity index (χ4v) is 12.0. The quantitative estimate of drug-likeness (QED) is 0.199. The van der Waals surface area contributed by atoms with Gasteiger partial charge in [0, 0.05) is 116 Å². The highest BCUT2D eigenvalue weighted by molar-refractivity contribution is 6.05. The Kier molecular flexibility index (Phi) is 9.71. The van der Waals surface area contributed by atoms with Gasteiger partial charge in [-0.25, -0.2) is 0 Å². The number of anilines is 2. The van der Waals surface area contributed by atoms with E-state index in [1.807, 2.05) is 36.4 Å². The van der Waals surface area contributed by atoms with Crippen LogP contribution in [0.3, 0.4) is 0 Å². The number of H-pyrrole nitrogens is 1. The van der Waals surface area contributed by atoms with Gasteiger partial charge < -0.3 is 34.6 Å². The lowest BCUT2D eigenvalue weighted by molar-refractivity contribution is -0.163. The van der Waals surface area contributed by atoms with Crippen LogP contribution in [0.5, 0.6) is 5.75 Å². The highest BCUT2D eigenvalue weighted by atomic mass is 16.5. The molecule has 4 aromatic rings. The molecule has 0 radical (unpaired) electrons. The molecule has 5 aliphatic heterocycles. The smallest absolute Gasteiger partial charge is 0.255 e. The van der Waals surface area contributed by atoms with Crippen LogP contribution in [0.25, 0.3) is 10.9 Å². The zero-order chi connectivity index (χ0) is 44.0. The molecule has 5 fully saturated rings. The summed E-state index contributed by atoms with van der Waals surface area (Å²) in [5, 5.41) is 15.9. The molecule has 10 rings (SSSR count). The third kappa shape index (κ3) is 7.01. The summed E-state index contributed by atoms with van der Waals surface area (Å²) >= 11 is 0. The van der Waals surface area contributed by atoms with E-state index >= 15 is 0 Å². The minimum atomic E-state index is -0.600. The Balaban J connectivity index is 0.672. The topological polar surface area (TPSA) is 171 Å². The van der Waals surface area contributed by atoms with Gasteiger partial charge in [-0.15, -0.1) is 0 Å². The molecule has 6 heterocycles. The molecule has 1 unspecified atom stereocenters. The molecular formula is C49H54N8O6. The van der Waals surface area contributed by atoms with Gasteiger partial charge in [0.05, 0.1) is 11.1 Å². The van der Waals surface area contributed by atoms with Crippen LogP contribution < -0.4 is 30.7 Å². The van der Waals surface area contributed by atoms with E-state index in [2.05, 4.69) is 70.1 Å². The van der Waals surface area contributed by atoms with Crippen LogP contribution in [0.15, 0.2) is 71.5 Å². The number of nitrogens with zero attached hydrogens (tertiary/aromatic N) is 5. The zero-order valence-electron chi connectivity index (χ0n) is 36.3. The van der Waals surface area contributed by atoms with Crippen LogP contribution in [-0.4, -0.2) is 102 Å². The second-order valence-electron chi connectivity index (χ2n) is 20.1. The van der Waals surface area contributed by atoms with E-state index in [0.717, 1.165) is 75.6 Å². The van der Waals surface area contributed by atoms with Gasteiger partial charge in [0.15, 0.2) is 0 Å². The SMILES string of the molecule is CC1(C)C(NC(=O)c2ccc(N3CC(CN4CC5(CCN(c6ccc7c(c6)CN(C6CCC(=O)NC6=O)C7=O)CC5)C4)C3)cc2)C(C)(C)C1Oc1ccc(C#N)c2[nH]c(=O)ccc12. The Morgan fingerprint density at radius 2 is 1.60 bits per heavy atom. The second-order valence-corrected chi connectivity index (χ2v) is 20.1. The number of nitriles is 1. The van der Waals surface area contributed by atoms with Crippen molar-refractivity contribution >= 4 is 45.9 Å². The van der Waals surface area contributed by atoms with E-state index in [-0.39, 0.29) is 47.8 Å². The molecule has 0 bridgehead atoms. The standard InChI is InChI=1S/C49H54N8O6/c1-47(2)45(48(3,4)46(47)63-38-14-7-31(22-50)41-36(38)12-15-39(58)51-41)53-42(60)30-5-8-33(9-6-30)56-24-29(25-56)23-54-27-49(28-54)17-19-55(20-18-49)34-10-11-35-32(21-34)26-57(44(35)62)37-13-16-40(59)52-43(37)61/h5-12,14-15,21,29,37,45-46H,13,16-20,23-28H2,1-4H3,(H,51,58)(H,53,60)(H,52,59,61). The van der Waals surface area contributed by atoms with Gasteiger partial charge in [-0.3, -0.25) is 29.3 Å². The molecule has 1 spiro atoms. The minimum absolute atomic E-state index is 0.117. The monoisotopic (exact) mass is 850 g/mol. The number of ether oxygens (including phenoxy) is 1. The predicted molar refractivity (Wildman–Crippen MR) is 237 cm³/mol. The summed E-state index contributed by atoms with van der Waals surface area (Å²) in [4.78, 5) is 74.8. The van der Waals surface area contributed by atoms with Crippen LogP contribution >= 0.6 is 0 Å². The number of imide groups is 1. The van der Waals surface area contributed by atoms with Crippen molar-refractivity contribution in [2.45, 2.75) is 78.1 Å². The van der Waals surface area contributed by atoms with Crippen LogP contribution in [0.1, 0.15) is 85.2 Å². The van der Waals surface area contributed by atoms with Crippen molar-refractivity contribution in [3.05, 3.63) is 99.3 Å². The normalized spacial score (nSPS) is 24.8. The van der Waals surface area contributed by atoms with Gasteiger partial charge >= 0.3 is 0 Å². The number of amides is 4. The first-order chi connectivity index (χ1) is 30.1. The molecule has 3 aromatic carbocycles. The van der Waals surface area contributed by atoms with Gasteiger partial charge in [-0.2, -0.15) is 5.26 Å². The Bertz CT molecular complexity index is 2630. The molecule has 6 aliphatic rings. The van der Waals surface area contributed by atoms with E-state index in [9.17, 15) is 29.2 Å². The number of aromatic nitrogens is 1. The van der Waals surface area contributed by atoms with E-state index in [4.69, 9.17) is 4.74 Å². The molecular weight excluding hydrogens is 797 g/mol. The maximum atomic E-state index is 13.6. The third-order valence-corrected chi connectivity index (χ3v) is 15.1. The summed E-state index contributed by atoms with van der Waals surface area (Å²) < 4.78 is 6.62.